The number of aromatic nitrogens is 1. The van der Waals surface area contributed by atoms with Crippen LogP contribution in [0.4, 0.5) is 18.9 Å². The minimum atomic E-state index is -1.37. The molecule has 0 fully saturated rings. The third kappa shape index (κ3) is 9.82. The van der Waals surface area contributed by atoms with E-state index >= 15 is 0 Å². The zero-order valence-corrected chi connectivity index (χ0v) is 29.9. The van der Waals surface area contributed by atoms with Crippen molar-refractivity contribution in [2.75, 3.05) is 32.5 Å². The van der Waals surface area contributed by atoms with Gasteiger partial charge in [-0.3, -0.25) is 9.98 Å². The van der Waals surface area contributed by atoms with E-state index < -0.39 is 17.9 Å². The fourth-order valence-corrected chi connectivity index (χ4v) is 5.85. The van der Waals surface area contributed by atoms with Crippen LogP contribution in [0.2, 0.25) is 5.02 Å². The third-order valence-corrected chi connectivity index (χ3v) is 8.68. The maximum atomic E-state index is 14.6. The number of anilines is 1. The van der Waals surface area contributed by atoms with Crippen LogP contribution in [0.15, 0.2) is 65.7 Å². The molecule has 0 amide bonds. The second kappa shape index (κ2) is 18.7. The molecule has 4 unspecified atom stereocenters. The normalized spacial score (nSPS) is 13.8. The van der Waals surface area contributed by atoms with Crippen LogP contribution in [0.25, 0.3) is 11.3 Å². The van der Waals surface area contributed by atoms with Gasteiger partial charge in [-0.1, -0.05) is 69.6 Å². The van der Waals surface area contributed by atoms with E-state index in [-0.39, 0.29) is 34.9 Å². The Morgan fingerprint density at radius 1 is 0.980 bits per heavy atom. The number of nitrogens with zero attached hydrogens (tertiary/aromatic N) is 2. The minimum Gasteiger partial charge on any atom is -0.495 e. The third-order valence-electron chi connectivity index (χ3n) is 8.31. The van der Waals surface area contributed by atoms with Crippen LogP contribution in [0.3, 0.4) is 0 Å². The Morgan fingerprint density at radius 3 is 2.31 bits per heavy atom. The van der Waals surface area contributed by atoms with Crippen molar-refractivity contribution in [3.05, 3.63) is 111 Å². The molecule has 7 nitrogen and oxygen atoms in total. The van der Waals surface area contributed by atoms with Gasteiger partial charge >= 0.3 is 0 Å². The monoisotopic (exact) mass is 697 g/mol. The van der Waals surface area contributed by atoms with Gasteiger partial charge in [0.1, 0.15) is 5.75 Å². The molecule has 4 atom stereocenters. The van der Waals surface area contributed by atoms with E-state index in [0.29, 0.717) is 41.5 Å². The Morgan fingerprint density at radius 2 is 1.67 bits per heavy atom. The number of benzene rings is 3. The molecule has 4 rings (SSSR count). The summed E-state index contributed by atoms with van der Waals surface area (Å²) in [6, 6.07) is 18.1. The molecule has 264 valence electrons. The number of pyridine rings is 1. The van der Waals surface area contributed by atoms with Crippen LogP contribution in [0.1, 0.15) is 85.9 Å². The fourth-order valence-electron chi connectivity index (χ4n) is 5.61. The molecule has 5 N–H and O–H groups in total. The molecule has 4 aromatic rings. The molecule has 0 bridgehead atoms. The van der Waals surface area contributed by atoms with E-state index in [1.54, 1.807) is 0 Å². The van der Waals surface area contributed by atoms with Crippen LogP contribution < -0.4 is 21.3 Å². The summed E-state index contributed by atoms with van der Waals surface area (Å²) in [4.78, 5) is 8.87. The number of rotatable bonds is 14. The topological polar surface area (TPSA) is 105 Å². The largest absolute Gasteiger partial charge is 0.495 e. The zero-order chi connectivity index (χ0) is 36.2. The van der Waals surface area contributed by atoms with Crippen molar-refractivity contribution in [3.63, 3.8) is 0 Å². The summed E-state index contributed by atoms with van der Waals surface area (Å²) in [6.45, 7) is 12.5. The molecule has 0 radical (unpaired) electrons. The first kappa shape index (κ1) is 39.5. The van der Waals surface area contributed by atoms with E-state index in [9.17, 15) is 18.4 Å². The number of hydrogen-bond acceptors (Lipinski definition) is 7. The molecule has 49 heavy (non-hydrogen) atoms. The molecule has 0 saturated carbocycles. The molecular weight excluding hydrogens is 651 g/mol. The minimum absolute atomic E-state index is 0.00428. The summed E-state index contributed by atoms with van der Waals surface area (Å²) < 4.78 is 47.6. The Labute approximate surface area is 292 Å². The predicted octanol–water partition coefficient (Wildman–Crippen LogP) is 8.95. The molecule has 11 heteroatoms. The Hall–Kier alpha value is -3.96. The second-order valence-electron chi connectivity index (χ2n) is 11.7. The van der Waals surface area contributed by atoms with Crippen molar-refractivity contribution in [2.24, 2.45) is 4.99 Å². The number of methoxy groups -OCH3 is 1. The van der Waals surface area contributed by atoms with Crippen molar-refractivity contribution in [1.82, 2.24) is 15.8 Å². The van der Waals surface area contributed by atoms with Crippen LogP contribution in [0.5, 0.6) is 5.75 Å². The number of alkyl halides is 1. The number of halogens is 4. The van der Waals surface area contributed by atoms with Gasteiger partial charge in [-0.2, -0.15) is 0 Å². The van der Waals surface area contributed by atoms with E-state index in [2.05, 4.69) is 22.7 Å². The van der Waals surface area contributed by atoms with Crippen LogP contribution in [-0.2, 0) is 0 Å². The zero-order valence-electron chi connectivity index (χ0n) is 29.1. The maximum Gasteiger partial charge on any atom is 0.187 e. The number of hydrogen-bond donors (Lipinski definition) is 4. The second-order valence-corrected chi connectivity index (χ2v) is 12.1. The van der Waals surface area contributed by atoms with E-state index in [1.807, 2.05) is 76.2 Å². The Bertz CT molecular complexity index is 1710. The summed E-state index contributed by atoms with van der Waals surface area (Å²) in [5.74, 6) is -2.07. The summed E-state index contributed by atoms with van der Waals surface area (Å²) >= 11 is 6.34. The molecular formula is C38H47ClF3N5O2. The predicted molar refractivity (Wildman–Crippen MR) is 194 cm³/mol. The first-order chi connectivity index (χ1) is 23.5. The molecule has 3 aromatic carbocycles. The summed E-state index contributed by atoms with van der Waals surface area (Å²) in [6.07, 6.45) is 0.0537. The highest BCUT2D eigenvalue weighted by Crippen LogP contribution is 2.37. The lowest BCUT2D eigenvalue weighted by Crippen LogP contribution is -2.27. The standard InChI is InChI=1S/C36H41ClF3N5O2.C2H6/c1-20(25-13-26(18-43-23(4)38)35(41)32(14-25)47-5)16-42-19-29(24-9-7-6-8-10-24)31-15-28(21(2)17-44-46)22(3)36(45-31)27-11-12-30(39)34(40)33(27)37;1-2/h6-15,18,20-21,23,29,42,44,46H,16-17,19,41H2,1-5H3;1-2H3/b43-18+;. The van der Waals surface area contributed by atoms with E-state index in [1.165, 1.54) is 26.3 Å². The van der Waals surface area contributed by atoms with Crippen LogP contribution >= 0.6 is 11.6 Å². The SMILES string of the molecule is CC.COc1cc(C(C)CNCC(c2ccccc2)c2cc(C(C)CNO)c(C)c(-c3ccc(F)c(F)c3Cl)n2)cc(/C=N/C(C)F)c1N. The number of nitrogens with two attached hydrogens (primary N) is 1. The van der Waals surface area contributed by atoms with Crippen LogP contribution in [0, 0.1) is 18.6 Å². The van der Waals surface area contributed by atoms with Crippen molar-refractivity contribution in [3.8, 4) is 17.0 Å². The highest BCUT2D eigenvalue weighted by atomic mass is 35.5. The van der Waals surface area contributed by atoms with Crippen molar-refractivity contribution in [1.29, 1.82) is 0 Å². The first-order valence-electron chi connectivity index (χ1n) is 16.4. The van der Waals surface area contributed by atoms with Gasteiger partial charge in [-0.15, -0.1) is 0 Å². The lowest BCUT2D eigenvalue weighted by Gasteiger charge is -2.24. The molecule has 0 spiro atoms. The quantitative estimate of drug-likeness (QED) is 0.0345. The first-order valence-corrected chi connectivity index (χ1v) is 16.8. The van der Waals surface area contributed by atoms with Gasteiger partial charge < -0.3 is 21.0 Å². The van der Waals surface area contributed by atoms with Crippen molar-refractivity contribution in [2.45, 2.75) is 65.6 Å². The van der Waals surface area contributed by atoms with Gasteiger partial charge in [0.05, 0.1) is 29.2 Å². The maximum absolute atomic E-state index is 14.6. The fraction of sp³-hybridized carbons (Fsp3) is 0.368. The summed E-state index contributed by atoms with van der Waals surface area (Å²) in [5, 5.41) is 12.7. The molecule has 0 saturated heterocycles. The number of hydroxylamine groups is 1. The van der Waals surface area contributed by atoms with Crippen LogP contribution in [-0.4, -0.2) is 49.4 Å². The number of nitrogen functional groups attached to an aromatic ring is 1. The van der Waals surface area contributed by atoms with E-state index in [0.717, 1.165) is 28.3 Å². The lowest BCUT2D eigenvalue weighted by atomic mass is 9.88. The summed E-state index contributed by atoms with van der Waals surface area (Å²) in [7, 11) is 1.53. The lowest BCUT2D eigenvalue weighted by molar-refractivity contribution is 0.161. The molecule has 0 aliphatic heterocycles. The van der Waals surface area contributed by atoms with Crippen molar-refractivity contribution < 1.29 is 23.1 Å². The number of ether oxygens (including phenoxy) is 1. The molecule has 1 aromatic heterocycles. The molecule has 0 aliphatic carbocycles. The van der Waals surface area contributed by atoms with Crippen molar-refractivity contribution >= 4 is 23.5 Å². The van der Waals surface area contributed by atoms with Gasteiger partial charge in [0.15, 0.2) is 17.9 Å². The number of nitrogens with one attached hydrogen (secondary N) is 2. The van der Waals surface area contributed by atoms with Gasteiger partial charge in [0, 0.05) is 42.9 Å². The van der Waals surface area contributed by atoms with Gasteiger partial charge in [-0.25, -0.2) is 18.7 Å². The highest BCUT2D eigenvalue weighted by molar-refractivity contribution is 6.33. The van der Waals surface area contributed by atoms with Gasteiger partial charge in [-0.05, 0) is 78.3 Å². The Balaban J connectivity index is 0.00000319. The molecule has 1 heterocycles. The van der Waals surface area contributed by atoms with Gasteiger partial charge in [0.25, 0.3) is 0 Å². The van der Waals surface area contributed by atoms with E-state index in [4.69, 9.17) is 27.1 Å². The summed E-state index contributed by atoms with van der Waals surface area (Å²) in [5.41, 5.74) is 14.4. The Kier molecular flexibility index (Phi) is 15.1. The molecule has 0 aliphatic rings. The smallest absolute Gasteiger partial charge is 0.187 e. The number of aliphatic imine (C=N–C) groups is 1. The average Bonchev–Trinajstić information content (AvgIpc) is 3.10. The van der Waals surface area contributed by atoms with Gasteiger partial charge in [0.2, 0.25) is 0 Å². The highest BCUT2D eigenvalue weighted by Gasteiger charge is 2.24. The average molecular weight is 698 g/mol.